The Balaban J connectivity index is 1.82. The number of likely N-dealkylation sites (tertiary alicyclic amines) is 1. The average Bonchev–Trinajstić information content (AvgIpc) is 3.25. The van der Waals surface area contributed by atoms with Gasteiger partial charge in [-0.15, -0.1) is 0 Å². The number of rotatable bonds is 3. The van der Waals surface area contributed by atoms with Crippen molar-refractivity contribution in [2.45, 2.75) is 25.8 Å². The lowest BCUT2D eigenvalue weighted by atomic mass is 10.1. The third-order valence-electron chi connectivity index (χ3n) is 5.01. The number of hydrogen-bond donors (Lipinski definition) is 0. The fourth-order valence-corrected chi connectivity index (χ4v) is 3.67. The average molecular weight is 332 g/mol. The molecule has 4 rings (SSSR count). The van der Waals surface area contributed by atoms with Crippen LogP contribution in [0.1, 0.15) is 41.7 Å². The van der Waals surface area contributed by atoms with E-state index in [1.54, 1.807) is 4.57 Å². The highest BCUT2D eigenvalue weighted by Gasteiger charge is 2.28. The number of hydrogen-bond acceptors (Lipinski definition) is 2. The molecule has 1 aliphatic heterocycles. The summed E-state index contributed by atoms with van der Waals surface area (Å²) in [6.07, 6.45) is 3.42. The number of carbonyl (C=O) groups is 2. The summed E-state index contributed by atoms with van der Waals surface area (Å²) in [5.74, 6) is 0.140. The topological polar surface area (TPSA) is 42.3 Å². The number of amides is 1. The number of para-hydroxylation sites is 1. The maximum Gasteiger partial charge on any atom is 0.262 e. The van der Waals surface area contributed by atoms with Gasteiger partial charge in [0.05, 0.1) is 11.6 Å². The Morgan fingerprint density at radius 3 is 2.48 bits per heavy atom. The third kappa shape index (κ3) is 2.64. The molecule has 0 bridgehead atoms. The predicted molar refractivity (Wildman–Crippen MR) is 97.5 cm³/mol. The van der Waals surface area contributed by atoms with E-state index in [-0.39, 0.29) is 17.9 Å². The van der Waals surface area contributed by atoms with Crippen molar-refractivity contribution in [2.24, 2.45) is 0 Å². The van der Waals surface area contributed by atoms with E-state index in [0.717, 1.165) is 29.4 Å². The molecule has 4 nitrogen and oxygen atoms in total. The second-order valence-electron chi connectivity index (χ2n) is 6.51. The van der Waals surface area contributed by atoms with Crippen LogP contribution in [0.15, 0.2) is 60.8 Å². The van der Waals surface area contributed by atoms with Crippen LogP contribution in [0.2, 0.25) is 0 Å². The Kier molecular flexibility index (Phi) is 3.88. The maximum absolute atomic E-state index is 13.0. The van der Waals surface area contributed by atoms with Gasteiger partial charge in [0.25, 0.3) is 5.91 Å². The van der Waals surface area contributed by atoms with Crippen molar-refractivity contribution in [3.63, 3.8) is 0 Å². The molecule has 1 fully saturated rings. The van der Waals surface area contributed by atoms with Gasteiger partial charge in [-0.05, 0) is 31.5 Å². The second-order valence-corrected chi connectivity index (χ2v) is 6.51. The molecule has 0 aliphatic carbocycles. The van der Waals surface area contributed by atoms with Gasteiger partial charge in [-0.2, -0.15) is 0 Å². The van der Waals surface area contributed by atoms with E-state index in [4.69, 9.17) is 0 Å². The Hall–Kier alpha value is -2.88. The van der Waals surface area contributed by atoms with Crippen molar-refractivity contribution in [1.82, 2.24) is 9.47 Å². The Labute approximate surface area is 146 Å². The molecule has 4 heteroatoms. The summed E-state index contributed by atoms with van der Waals surface area (Å²) in [7, 11) is 0. The molecule has 1 saturated heterocycles. The van der Waals surface area contributed by atoms with Crippen LogP contribution in [0.5, 0.6) is 0 Å². The molecule has 0 radical (unpaired) electrons. The maximum atomic E-state index is 13.0. The third-order valence-corrected chi connectivity index (χ3v) is 5.01. The van der Waals surface area contributed by atoms with E-state index in [1.165, 1.54) is 0 Å². The molecule has 1 amide bonds. The largest absolute Gasteiger partial charge is 0.336 e. The lowest BCUT2D eigenvalue weighted by Crippen LogP contribution is -2.27. The summed E-state index contributed by atoms with van der Waals surface area (Å²) in [5.41, 5.74) is 2.56. The highest BCUT2D eigenvalue weighted by molar-refractivity contribution is 6.03. The Bertz CT molecular complexity index is 943. The van der Waals surface area contributed by atoms with Gasteiger partial charge in [0.15, 0.2) is 0 Å². The first kappa shape index (κ1) is 15.6. The normalized spacial score (nSPS) is 15.7. The second kappa shape index (κ2) is 6.20. The molecule has 0 saturated carbocycles. The highest BCUT2D eigenvalue weighted by Crippen LogP contribution is 2.32. The minimum absolute atomic E-state index is 0.0373. The quantitative estimate of drug-likeness (QED) is 0.727. The van der Waals surface area contributed by atoms with Gasteiger partial charge in [0.2, 0.25) is 5.91 Å². The molecule has 0 spiro atoms. The summed E-state index contributed by atoms with van der Waals surface area (Å²) in [6, 6.07) is 17.1. The zero-order valence-corrected chi connectivity index (χ0v) is 14.2. The Morgan fingerprint density at radius 2 is 1.76 bits per heavy atom. The van der Waals surface area contributed by atoms with Gasteiger partial charge in [0, 0.05) is 35.7 Å². The smallest absolute Gasteiger partial charge is 0.262 e. The standard InChI is InChI=1S/C21H20N2O2/c1-15(22-13-7-12-20(22)24)18-14-23(19-11-6-5-10-17(18)19)21(25)16-8-3-2-4-9-16/h2-6,8-11,14-15H,7,12-13H2,1H3. The van der Waals surface area contributed by atoms with E-state index in [9.17, 15) is 9.59 Å². The van der Waals surface area contributed by atoms with Gasteiger partial charge in [-0.3, -0.25) is 14.2 Å². The summed E-state index contributed by atoms with van der Waals surface area (Å²) >= 11 is 0. The Morgan fingerprint density at radius 1 is 1.04 bits per heavy atom. The first-order valence-electron chi connectivity index (χ1n) is 8.66. The van der Waals surface area contributed by atoms with Crippen molar-refractivity contribution in [3.05, 3.63) is 71.9 Å². The van der Waals surface area contributed by atoms with Crippen LogP contribution in [-0.2, 0) is 4.79 Å². The fourth-order valence-electron chi connectivity index (χ4n) is 3.67. The fraction of sp³-hybridized carbons (Fsp3) is 0.238. The van der Waals surface area contributed by atoms with Crippen LogP contribution in [-0.4, -0.2) is 27.8 Å². The van der Waals surface area contributed by atoms with Gasteiger partial charge in [0.1, 0.15) is 0 Å². The van der Waals surface area contributed by atoms with E-state index >= 15 is 0 Å². The summed E-state index contributed by atoms with van der Waals surface area (Å²) in [4.78, 5) is 27.0. The van der Waals surface area contributed by atoms with Crippen molar-refractivity contribution < 1.29 is 9.59 Å². The zero-order valence-electron chi connectivity index (χ0n) is 14.2. The number of benzene rings is 2. The SMILES string of the molecule is CC(c1cn(C(=O)c2ccccc2)c2ccccc12)N1CCCC1=O. The first-order chi connectivity index (χ1) is 12.2. The van der Waals surface area contributed by atoms with Crippen LogP contribution in [0.4, 0.5) is 0 Å². The number of carbonyl (C=O) groups excluding carboxylic acids is 2. The molecule has 25 heavy (non-hydrogen) atoms. The van der Waals surface area contributed by atoms with E-state index in [2.05, 4.69) is 0 Å². The summed E-state index contributed by atoms with van der Waals surface area (Å²) < 4.78 is 1.71. The molecular formula is C21H20N2O2. The van der Waals surface area contributed by atoms with Crippen LogP contribution in [0, 0.1) is 0 Å². The molecular weight excluding hydrogens is 312 g/mol. The van der Waals surface area contributed by atoms with Crippen LogP contribution < -0.4 is 0 Å². The molecule has 0 N–H and O–H groups in total. The van der Waals surface area contributed by atoms with Gasteiger partial charge in [-0.1, -0.05) is 36.4 Å². The van der Waals surface area contributed by atoms with Gasteiger partial charge < -0.3 is 4.90 Å². The number of aromatic nitrogens is 1. The molecule has 126 valence electrons. The molecule has 2 heterocycles. The van der Waals surface area contributed by atoms with Crippen molar-refractivity contribution in [2.75, 3.05) is 6.54 Å². The predicted octanol–water partition coefficient (Wildman–Crippen LogP) is 4.01. The monoisotopic (exact) mass is 332 g/mol. The van der Waals surface area contributed by atoms with E-state index < -0.39 is 0 Å². The molecule has 2 aromatic carbocycles. The van der Waals surface area contributed by atoms with Crippen molar-refractivity contribution in [3.8, 4) is 0 Å². The zero-order chi connectivity index (χ0) is 17.4. The number of nitrogens with zero attached hydrogens (tertiary/aromatic N) is 2. The van der Waals surface area contributed by atoms with Crippen molar-refractivity contribution >= 4 is 22.7 Å². The number of fused-ring (bicyclic) bond motifs is 1. The van der Waals surface area contributed by atoms with E-state index in [1.807, 2.05) is 72.6 Å². The lowest BCUT2D eigenvalue weighted by molar-refractivity contribution is -0.129. The minimum Gasteiger partial charge on any atom is -0.336 e. The van der Waals surface area contributed by atoms with Crippen LogP contribution >= 0.6 is 0 Å². The lowest BCUT2D eigenvalue weighted by Gasteiger charge is -2.24. The molecule has 1 unspecified atom stereocenters. The summed E-state index contributed by atoms with van der Waals surface area (Å²) in [5, 5.41) is 1.03. The molecule has 1 aromatic heterocycles. The molecule has 3 aromatic rings. The first-order valence-corrected chi connectivity index (χ1v) is 8.66. The minimum atomic E-state index is -0.0528. The van der Waals surface area contributed by atoms with E-state index in [0.29, 0.717) is 12.0 Å². The van der Waals surface area contributed by atoms with Crippen LogP contribution in [0.25, 0.3) is 10.9 Å². The van der Waals surface area contributed by atoms with Gasteiger partial charge in [-0.25, -0.2) is 0 Å². The summed E-state index contributed by atoms with van der Waals surface area (Å²) in [6.45, 7) is 2.83. The molecule has 1 aliphatic rings. The molecule has 1 atom stereocenters. The van der Waals surface area contributed by atoms with Crippen LogP contribution in [0.3, 0.4) is 0 Å². The highest BCUT2D eigenvalue weighted by atomic mass is 16.2. The van der Waals surface area contributed by atoms with Gasteiger partial charge >= 0.3 is 0 Å². The van der Waals surface area contributed by atoms with Crippen molar-refractivity contribution in [1.29, 1.82) is 0 Å².